The second-order valence-corrected chi connectivity index (χ2v) is 5.55. The van der Waals surface area contributed by atoms with Crippen LogP contribution in [0.3, 0.4) is 0 Å². The zero-order valence-electron chi connectivity index (χ0n) is 14.2. The van der Waals surface area contributed by atoms with Crippen LogP contribution in [0, 0.1) is 0 Å². The third kappa shape index (κ3) is 3.25. The number of nitrogens with zero attached hydrogens (tertiary/aromatic N) is 1. The molecule has 3 aromatic rings. The smallest absolute Gasteiger partial charge is 0.200 e. The third-order valence-corrected chi connectivity index (χ3v) is 4.27. The predicted octanol–water partition coefficient (Wildman–Crippen LogP) is 4.22. The lowest BCUT2D eigenvalue weighted by molar-refractivity contribution is 0.289. The molecule has 0 fully saturated rings. The molecule has 3 rings (SSSR count). The first-order chi connectivity index (χ1) is 11.2. The number of rotatable bonds is 5. The summed E-state index contributed by atoms with van der Waals surface area (Å²) in [6.07, 6.45) is 0. The fourth-order valence-electron chi connectivity index (χ4n) is 2.88. The molecule has 0 aliphatic carbocycles. The average molecular weight is 348 g/mol. The van der Waals surface area contributed by atoms with Crippen molar-refractivity contribution in [3.63, 3.8) is 0 Å². The monoisotopic (exact) mass is 347 g/mol. The highest BCUT2D eigenvalue weighted by atomic mass is 35.5. The second kappa shape index (κ2) is 7.69. The molecule has 0 aliphatic rings. The van der Waals surface area contributed by atoms with Gasteiger partial charge in [-0.25, -0.2) is 0 Å². The van der Waals surface area contributed by atoms with Gasteiger partial charge in [-0.2, -0.15) is 0 Å². The summed E-state index contributed by atoms with van der Waals surface area (Å²) in [4.78, 5) is 15.0. The first kappa shape index (κ1) is 18.3. The van der Waals surface area contributed by atoms with E-state index in [-0.39, 0.29) is 17.8 Å². The fraction of sp³-hybridized carbons (Fsp3) is 0.316. The molecule has 24 heavy (non-hydrogen) atoms. The van der Waals surface area contributed by atoms with Gasteiger partial charge >= 0.3 is 0 Å². The third-order valence-electron chi connectivity index (χ3n) is 4.27. The van der Waals surface area contributed by atoms with E-state index in [2.05, 4.69) is 18.7 Å². The summed E-state index contributed by atoms with van der Waals surface area (Å²) < 4.78 is 11.4. The van der Waals surface area contributed by atoms with Crippen molar-refractivity contribution in [3.8, 4) is 5.75 Å². The SMILES string of the molecule is CCN(CC)Cc1cc2c(=O)c3ccccc3oc2cc1OC.Cl. The summed E-state index contributed by atoms with van der Waals surface area (Å²) in [5, 5.41) is 1.21. The van der Waals surface area contributed by atoms with Crippen molar-refractivity contribution < 1.29 is 9.15 Å². The van der Waals surface area contributed by atoms with Gasteiger partial charge in [-0.15, -0.1) is 12.4 Å². The number of fused-ring (bicyclic) bond motifs is 2. The van der Waals surface area contributed by atoms with Crippen molar-refractivity contribution >= 4 is 34.3 Å². The van der Waals surface area contributed by atoms with Gasteiger partial charge in [0.15, 0.2) is 0 Å². The van der Waals surface area contributed by atoms with E-state index in [9.17, 15) is 4.79 Å². The first-order valence-electron chi connectivity index (χ1n) is 7.92. The molecular weight excluding hydrogens is 326 g/mol. The van der Waals surface area contributed by atoms with Gasteiger partial charge < -0.3 is 9.15 Å². The summed E-state index contributed by atoms with van der Waals surface area (Å²) in [7, 11) is 1.64. The molecule has 0 saturated carbocycles. The van der Waals surface area contributed by atoms with Crippen LogP contribution in [-0.2, 0) is 6.54 Å². The fourth-order valence-corrected chi connectivity index (χ4v) is 2.88. The quantitative estimate of drug-likeness (QED) is 0.648. The topological polar surface area (TPSA) is 42.7 Å². The van der Waals surface area contributed by atoms with E-state index in [0.29, 0.717) is 21.9 Å². The highest BCUT2D eigenvalue weighted by Crippen LogP contribution is 2.27. The summed E-state index contributed by atoms with van der Waals surface area (Å²) in [6, 6.07) is 11.1. The molecule has 0 N–H and O–H groups in total. The molecule has 0 atom stereocenters. The summed E-state index contributed by atoms with van der Waals surface area (Å²) in [6.45, 7) is 6.89. The van der Waals surface area contributed by atoms with Crippen LogP contribution < -0.4 is 10.2 Å². The molecule has 2 aromatic carbocycles. The van der Waals surface area contributed by atoms with Gasteiger partial charge in [0.25, 0.3) is 0 Å². The molecule has 0 saturated heterocycles. The van der Waals surface area contributed by atoms with Crippen LogP contribution in [0.15, 0.2) is 45.6 Å². The maximum absolute atomic E-state index is 12.8. The Kier molecular flexibility index (Phi) is 5.86. The highest BCUT2D eigenvalue weighted by molar-refractivity contribution is 5.90. The van der Waals surface area contributed by atoms with Crippen molar-refractivity contribution in [2.24, 2.45) is 0 Å². The molecule has 0 aliphatic heterocycles. The number of hydrogen-bond donors (Lipinski definition) is 0. The number of benzene rings is 2. The van der Waals surface area contributed by atoms with Crippen LogP contribution in [0.5, 0.6) is 5.75 Å². The van der Waals surface area contributed by atoms with E-state index in [1.165, 1.54) is 0 Å². The van der Waals surface area contributed by atoms with Crippen molar-refractivity contribution in [1.82, 2.24) is 4.90 Å². The van der Waals surface area contributed by atoms with Crippen LogP contribution in [0.2, 0.25) is 0 Å². The molecule has 0 unspecified atom stereocenters. The molecular formula is C19H22ClNO3. The average Bonchev–Trinajstić information content (AvgIpc) is 2.59. The molecule has 0 spiro atoms. The summed E-state index contributed by atoms with van der Waals surface area (Å²) >= 11 is 0. The number of methoxy groups -OCH3 is 1. The van der Waals surface area contributed by atoms with E-state index < -0.39 is 0 Å². The lowest BCUT2D eigenvalue weighted by atomic mass is 10.1. The minimum absolute atomic E-state index is 0. The van der Waals surface area contributed by atoms with E-state index in [1.807, 2.05) is 30.3 Å². The number of ether oxygens (including phenoxy) is 1. The molecule has 5 heteroatoms. The van der Waals surface area contributed by atoms with Crippen LogP contribution in [0.1, 0.15) is 19.4 Å². The molecule has 0 radical (unpaired) electrons. The number of para-hydroxylation sites is 1. The van der Waals surface area contributed by atoms with Crippen molar-refractivity contribution in [3.05, 3.63) is 52.2 Å². The molecule has 4 nitrogen and oxygen atoms in total. The Hall–Kier alpha value is -2.04. The van der Waals surface area contributed by atoms with Gasteiger partial charge in [0, 0.05) is 18.2 Å². The lowest BCUT2D eigenvalue weighted by Gasteiger charge is -2.20. The first-order valence-corrected chi connectivity index (χ1v) is 7.92. The summed E-state index contributed by atoms with van der Waals surface area (Å²) in [5.41, 5.74) is 2.17. The predicted molar refractivity (Wildman–Crippen MR) is 100 cm³/mol. The number of hydrogen-bond acceptors (Lipinski definition) is 4. The Morgan fingerprint density at radius 2 is 1.75 bits per heavy atom. The van der Waals surface area contributed by atoms with Crippen molar-refractivity contribution in [2.45, 2.75) is 20.4 Å². The standard InChI is InChI=1S/C19H21NO3.ClH/c1-4-20(5-2)12-13-10-15-18(11-17(13)22-3)23-16-9-7-6-8-14(16)19(15)21;/h6-11H,4-5,12H2,1-3H3;1H. The lowest BCUT2D eigenvalue weighted by Crippen LogP contribution is -2.22. The maximum atomic E-state index is 12.8. The second-order valence-electron chi connectivity index (χ2n) is 5.55. The molecule has 0 bridgehead atoms. The van der Waals surface area contributed by atoms with Crippen LogP contribution in [0.25, 0.3) is 21.9 Å². The minimum atomic E-state index is 0. The zero-order chi connectivity index (χ0) is 16.4. The van der Waals surface area contributed by atoms with Gasteiger partial charge in [0.05, 0.1) is 17.9 Å². The molecule has 0 amide bonds. The van der Waals surface area contributed by atoms with Crippen LogP contribution in [0.4, 0.5) is 0 Å². The molecule has 1 heterocycles. The zero-order valence-corrected chi connectivity index (χ0v) is 15.0. The van der Waals surface area contributed by atoms with E-state index in [0.717, 1.165) is 30.9 Å². The molecule has 1 aromatic heterocycles. The Morgan fingerprint density at radius 1 is 1.04 bits per heavy atom. The molecule has 128 valence electrons. The Morgan fingerprint density at radius 3 is 2.42 bits per heavy atom. The maximum Gasteiger partial charge on any atom is 0.200 e. The van der Waals surface area contributed by atoms with E-state index >= 15 is 0 Å². The summed E-state index contributed by atoms with van der Waals surface area (Å²) in [5.74, 6) is 0.753. The number of halogens is 1. The Labute approximate surface area is 147 Å². The Balaban J connectivity index is 0.00000208. The van der Waals surface area contributed by atoms with Gasteiger partial charge in [0.2, 0.25) is 5.43 Å². The Bertz CT molecular complexity index is 900. The van der Waals surface area contributed by atoms with Crippen molar-refractivity contribution in [2.75, 3.05) is 20.2 Å². The van der Waals surface area contributed by atoms with Gasteiger partial charge in [-0.1, -0.05) is 26.0 Å². The van der Waals surface area contributed by atoms with E-state index in [1.54, 1.807) is 13.2 Å². The normalized spacial score (nSPS) is 11.0. The minimum Gasteiger partial charge on any atom is -0.496 e. The van der Waals surface area contributed by atoms with Gasteiger partial charge in [-0.05, 0) is 31.3 Å². The highest BCUT2D eigenvalue weighted by Gasteiger charge is 2.14. The van der Waals surface area contributed by atoms with E-state index in [4.69, 9.17) is 9.15 Å². The largest absolute Gasteiger partial charge is 0.496 e. The van der Waals surface area contributed by atoms with Crippen LogP contribution >= 0.6 is 12.4 Å². The van der Waals surface area contributed by atoms with Crippen LogP contribution in [-0.4, -0.2) is 25.1 Å². The van der Waals surface area contributed by atoms with Gasteiger partial charge in [-0.3, -0.25) is 9.69 Å². The van der Waals surface area contributed by atoms with Crippen molar-refractivity contribution in [1.29, 1.82) is 0 Å². The van der Waals surface area contributed by atoms with Gasteiger partial charge in [0.1, 0.15) is 16.9 Å².